The lowest BCUT2D eigenvalue weighted by atomic mass is 9.76. The van der Waals surface area contributed by atoms with Crippen molar-refractivity contribution in [2.75, 3.05) is 27.2 Å². The molecule has 1 aliphatic rings. The molecule has 4 N–H and O–H groups in total. The number of nitrogens with two attached hydrogens (primary N) is 1. The highest BCUT2D eigenvalue weighted by Gasteiger charge is 2.38. The Morgan fingerprint density at radius 1 is 1.41 bits per heavy atom. The summed E-state index contributed by atoms with van der Waals surface area (Å²) < 4.78 is 0. The predicted molar refractivity (Wildman–Crippen MR) is 72.8 cm³/mol. The van der Waals surface area contributed by atoms with Gasteiger partial charge in [-0.2, -0.15) is 0 Å². The van der Waals surface area contributed by atoms with Crippen LogP contribution in [0, 0.1) is 0 Å². The fourth-order valence-corrected chi connectivity index (χ4v) is 2.09. The highest BCUT2D eigenvalue weighted by Crippen LogP contribution is 2.36. The van der Waals surface area contributed by atoms with E-state index in [0.29, 0.717) is 5.96 Å². The number of rotatable bonds is 6. The van der Waals surface area contributed by atoms with Crippen molar-refractivity contribution < 1.29 is 0 Å². The van der Waals surface area contributed by atoms with Crippen LogP contribution in [-0.2, 0) is 0 Å². The molecule has 1 aliphatic carbocycles. The topological polar surface area (TPSA) is 65.7 Å². The van der Waals surface area contributed by atoms with Gasteiger partial charge in [-0.15, -0.1) is 0 Å². The van der Waals surface area contributed by atoms with Crippen LogP contribution < -0.4 is 16.6 Å². The molecule has 0 heterocycles. The van der Waals surface area contributed by atoms with Crippen LogP contribution in [0.15, 0.2) is 4.99 Å². The second-order valence-electron chi connectivity index (χ2n) is 5.06. The minimum absolute atomic E-state index is 0.258. The van der Waals surface area contributed by atoms with Crippen LogP contribution in [0.25, 0.3) is 0 Å². The molecule has 0 unspecified atom stereocenters. The van der Waals surface area contributed by atoms with E-state index in [9.17, 15) is 0 Å². The summed E-state index contributed by atoms with van der Waals surface area (Å²) >= 11 is 0. The Morgan fingerprint density at radius 3 is 2.53 bits per heavy atom. The molecule has 0 radical (unpaired) electrons. The summed E-state index contributed by atoms with van der Waals surface area (Å²) in [5.74, 6) is 6.18. The van der Waals surface area contributed by atoms with E-state index in [0.717, 1.165) is 19.5 Å². The highest BCUT2D eigenvalue weighted by molar-refractivity contribution is 5.79. The first kappa shape index (κ1) is 14.3. The molecule has 0 aromatic rings. The van der Waals surface area contributed by atoms with E-state index < -0.39 is 0 Å². The van der Waals surface area contributed by atoms with Gasteiger partial charge in [0.05, 0.1) is 6.54 Å². The minimum Gasteiger partial charge on any atom is -0.355 e. The smallest absolute Gasteiger partial charge is 0.205 e. The largest absolute Gasteiger partial charge is 0.355 e. The maximum atomic E-state index is 5.46. The summed E-state index contributed by atoms with van der Waals surface area (Å²) in [7, 11) is 4.27. The normalized spacial score (nSPS) is 19.0. The van der Waals surface area contributed by atoms with Gasteiger partial charge in [-0.05, 0) is 39.8 Å². The van der Waals surface area contributed by atoms with Crippen LogP contribution >= 0.6 is 0 Å². The van der Waals surface area contributed by atoms with Crippen molar-refractivity contribution in [3.63, 3.8) is 0 Å². The Labute approximate surface area is 105 Å². The van der Waals surface area contributed by atoms with E-state index >= 15 is 0 Å². The average molecular weight is 241 g/mol. The zero-order valence-corrected chi connectivity index (χ0v) is 11.4. The number of hydrogen-bond donors (Lipinski definition) is 3. The van der Waals surface area contributed by atoms with E-state index in [4.69, 9.17) is 5.84 Å². The first-order chi connectivity index (χ1) is 8.14. The molecule has 100 valence electrons. The predicted octanol–water partition coefficient (Wildman–Crippen LogP) is 0.680. The molecule has 0 spiro atoms. The number of hydrazine groups is 1. The van der Waals surface area contributed by atoms with Crippen LogP contribution in [0.1, 0.15) is 39.0 Å². The van der Waals surface area contributed by atoms with Crippen molar-refractivity contribution in [3.8, 4) is 0 Å². The SMILES string of the molecule is CCCCNC(=NCC1(N(C)C)CCC1)NN. The molecular weight excluding hydrogens is 214 g/mol. The van der Waals surface area contributed by atoms with E-state index in [2.05, 4.69) is 41.7 Å². The molecule has 0 bridgehead atoms. The maximum Gasteiger partial charge on any atom is 0.205 e. The molecule has 5 heteroatoms. The molecule has 0 atom stereocenters. The third-order valence-electron chi connectivity index (χ3n) is 3.72. The number of likely N-dealkylation sites (N-methyl/N-ethyl adjacent to an activating group) is 1. The zero-order chi connectivity index (χ0) is 12.7. The quantitative estimate of drug-likeness (QED) is 0.210. The van der Waals surface area contributed by atoms with Crippen molar-refractivity contribution in [1.29, 1.82) is 0 Å². The van der Waals surface area contributed by atoms with Gasteiger partial charge in [0.15, 0.2) is 0 Å². The van der Waals surface area contributed by atoms with Crippen LogP contribution in [0.2, 0.25) is 0 Å². The number of unbranched alkanes of at least 4 members (excludes halogenated alkanes) is 1. The van der Waals surface area contributed by atoms with Gasteiger partial charge in [0.25, 0.3) is 0 Å². The molecule has 0 amide bonds. The first-order valence-corrected chi connectivity index (χ1v) is 6.57. The average Bonchev–Trinajstić information content (AvgIpc) is 2.24. The van der Waals surface area contributed by atoms with E-state index in [1.54, 1.807) is 0 Å². The van der Waals surface area contributed by atoms with Gasteiger partial charge in [-0.1, -0.05) is 13.3 Å². The van der Waals surface area contributed by atoms with Crippen molar-refractivity contribution >= 4 is 5.96 Å². The molecule has 0 saturated heterocycles. The van der Waals surface area contributed by atoms with Crippen LogP contribution in [0.5, 0.6) is 0 Å². The van der Waals surface area contributed by atoms with Crippen LogP contribution in [0.4, 0.5) is 0 Å². The van der Waals surface area contributed by atoms with Crippen molar-refractivity contribution in [3.05, 3.63) is 0 Å². The lowest BCUT2D eigenvalue weighted by molar-refractivity contribution is 0.0699. The van der Waals surface area contributed by atoms with Gasteiger partial charge >= 0.3 is 0 Å². The Balaban J connectivity index is 2.42. The third-order valence-corrected chi connectivity index (χ3v) is 3.72. The fourth-order valence-electron chi connectivity index (χ4n) is 2.09. The van der Waals surface area contributed by atoms with Crippen molar-refractivity contribution in [2.45, 2.75) is 44.6 Å². The molecule has 5 nitrogen and oxygen atoms in total. The number of nitrogens with zero attached hydrogens (tertiary/aromatic N) is 2. The molecular formula is C12H27N5. The number of hydrogen-bond acceptors (Lipinski definition) is 3. The molecule has 0 aromatic heterocycles. The van der Waals surface area contributed by atoms with Crippen LogP contribution in [-0.4, -0.2) is 43.6 Å². The third kappa shape index (κ3) is 3.85. The molecule has 1 rings (SSSR count). The maximum absolute atomic E-state index is 5.46. The Hall–Kier alpha value is -0.810. The lowest BCUT2D eigenvalue weighted by Gasteiger charge is -2.46. The first-order valence-electron chi connectivity index (χ1n) is 6.57. The molecule has 1 fully saturated rings. The molecule has 0 aromatic carbocycles. The number of nitrogens with one attached hydrogen (secondary N) is 2. The Kier molecular flexibility index (Phi) is 5.71. The van der Waals surface area contributed by atoms with E-state index in [1.165, 1.54) is 25.7 Å². The summed E-state index contributed by atoms with van der Waals surface area (Å²) in [6, 6.07) is 0. The number of guanidine groups is 1. The summed E-state index contributed by atoms with van der Waals surface area (Å²) in [6.07, 6.45) is 6.08. The minimum atomic E-state index is 0.258. The second-order valence-corrected chi connectivity index (χ2v) is 5.06. The lowest BCUT2D eigenvalue weighted by Crippen LogP contribution is -2.53. The van der Waals surface area contributed by atoms with E-state index in [1.807, 2.05) is 0 Å². The monoisotopic (exact) mass is 241 g/mol. The van der Waals surface area contributed by atoms with Gasteiger partial charge in [0, 0.05) is 12.1 Å². The molecule has 17 heavy (non-hydrogen) atoms. The summed E-state index contributed by atoms with van der Waals surface area (Å²) in [5, 5.41) is 3.23. The second kappa shape index (κ2) is 6.81. The summed E-state index contributed by atoms with van der Waals surface area (Å²) in [6.45, 7) is 3.91. The van der Waals surface area contributed by atoms with Gasteiger partial charge < -0.3 is 10.2 Å². The van der Waals surface area contributed by atoms with Crippen LogP contribution in [0.3, 0.4) is 0 Å². The number of aliphatic imine (C=N–C) groups is 1. The van der Waals surface area contributed by atoms with Gasteiger partial charge in [-0.25, -0.2) is 5.84 Å². The zero-order valence-electron chi connectivity index (χ0n) is 11.4. The Morgan fingerprint density at radius 2 is 2.12 bits per heavy atom. The Bertz CT molecular complexity index is 245. The van der Waals surface area contributed by atoms with Crippen molar-refractivity contribution in [2.24, 2.45) is 10.8 Å². The standard InChI is InChI=1S/C12H27N5/c1-4-5-9-14-11(16-13)15-10-12(17(2)3)7-6-8-12/h4-10,13H2,1-3H3,(H2,14,15,16). The van der Waals surface area contributed by atoms with Crippen molar-refractivity contribution in [1.82, 2.24) is 15.6 Å². The fraction of sp³-hybridized carbons (Fsp3) is 0.917. The molecule has 1 saturated carbocycles. The highest BCUT2D eigenvalue weighted by atomic mass is 15.3. The molecule has 0 aliphatic heterocycles. The van der Waals surface area contributed by atoms with Gasteiger partial charge in [0.2, 0.25) is 5.96 Å². The summed E-state index contributed by atoms with van der Waals surface area (Å²) in [4.78, 5) is 6.85. The van der Waals surface area contributed by atoms with Gasteiger partial charge in [-0.3, -0.25) is 10.4 Å². The van der Waals surface area contributed by atoms with E-state index in [-0.39, 0.29) is 5.54 Å². The summed E-state index contributed by atoms with van der Waals surface area (Å²) in [5.41, 5.74) is 2.90. The van der Waals surface area contributed by atoms with Gasteiger partial charge in [0.1, 0.15) is 0 Å².